The van der Waals surface area contributed by atoms with E-state index in [1.165, 1.54) is 38.2 Å². The minimum atomic E-state index is -4.43. The van der Waals surface area contributed by atoms with E-state index < -0.39 is 11.7 Å². The number of hydrogen-bond acceptors (Lipinski definition) is 5. The fraction of sp³-hybridized carbons (Fsp3) is 0.393. The summed E-state index contributed by atoms with van der Waals surface area (Å²) in [6.07, 6.45) is 2.42. The van der Waals surface area contributed by atoms with Gasteiger partial charge in [-0.25, -0.2) is 9.97 Å². The molecule has 6 rings (SSSR count). The molecule has 0 spiro atoms. The first-order valence-electron chi connectivity index (χ1n) is 13.0. The molecule has 2 aliphatic rings. The Balaban J connectivity index is 1.33. The number of para-hydroxylation sites is 1. The van der Waals surface area contributed by atoms with Crippen molar-refractivity contribution in [3.8, 4) is 5.69 Å². The summed E-state index contributed by atoms with van der Waals surface area (Å²) < 4.78 is 41.2. The molecule has 10 heteroatoms. The zero-order valence-electron chi connectivity index (χ0n) is 20.8. The molecule has 198 valence electrons. The van der Waals surface area contributed by atoms with Crippen molar-refractivity contribution in [3.63, 3.8) is 0 Å². The summed E-state index contributed by atoms with van der Waals surface area (Å²) in [5, 5.41) is 0.724. The number of benzene rings is 2. The second kappa shape index (κ2) is 10.1. The summed E-state index contributed by atoms with van der Waals surface area (Å²) in [5.74, 6) is 2.04. The van der Waals surface area contributed by atoms with Gasteiger partial charge in [0.1, 0.15) is 0 Å². The topological polar surface area (TPSA) is 66.8 Å². The third-order valence-electron chi connectivity index (χ3n) is 7.48. The van der Waals surface area contributed by atoms with Gasteiger partial charge in [0.25, 0.3) is 5.56 Å². The van der Waals surface area contributed by atoms with E-state index in [2.05, 4.69) is 9.97 Å². The van der Waals surface area contributed by atoms with Gasteiger partial charge in [-0.1, -0.05) is 49.2 Å². The van der Waals surface area contributed by atoms with Crippen molar-refractivity contribution in [2.45, 2.75) is 56.4 Å². The Morgan fingerprint density at radius 1 is 1.03 bits per heavy atom. The van der Waals surface area contributed by atoms with Crippen LogP contribution in [0.1, 0.15) is 48.9 Å². The molecule has 1 aliphatic heterocycles. The van der Waals surface area contributed by atoms with Gasteiger partial charge in [0.15, 0.2) is 5.16 Å². The SMILES string of the molecule is O=c1c2c(nc(SCC3CCCCC3)n1-c1ccccc1)CCN(c1nc3ccc(C(F)(F)F)cc3[nH]1)C2. The second-order valence-corrected chi connectivity index (χ2v) is 11.1. The molecule has 0 atom stereocenters. The van der Waals surface area contributed by atoms with E-state index >= 15 is 0 Å². The predicted octanol–water partition coefficient (Wildman–Crippen LogP) is 6.36. The molecule has 2 aromatic heterocycles. The molecule has 0 radical (unpaired) electrons. The lowest BCUT2D eigenvalue weighted by atomic mass is 9.91. The van der Waals surface area contributed by atoms with Crippen LogP contribution < -0.4 is 10.5 Å². The third kappa shape index (κ3) is 4.93. The highest BCUT2D eigenvalue weighted by Gasteiger charge is 2.31. The highest BCUT2D eigenvalue weighted by atomic mass is 32.2. The fourth-order valence-electron chi connectivity index (χ4n) is 5.41. The van der Waals surface area contributed by atoms with Gasteiger partial charge in [-0.05, 0) is 49.1 Å². The first-order chi connectivity index (χ1) is 18.4. The maximum absolute atomic E-state index is 13.9. The lowest BCUT2D eigenvalue weighted by Crippen LogP contribution is -2.38. The van der Waals surface area contributed by atoms with Gasteiger partial charge in [-0.3, -0.25) is 9.36 Å². The van der Waals surface area contributed by atoms with Gasteiger partial charge in [-0.2, -0.15) is 13.2 Å². The van der Waals surface area contributed by atoms with E-state index in [9.17, 15) is 18.0 Å². The molecule has 4 aromatic rings. The molecule has 0 bridgehead atoms. The van der Waals surface area contributed by atoms with Gasteiger partial charge in [0.05, 0.1) is 40.1 Å². The van der Waals surface area contributed by atoms with Crippen LogP contribution in [0.3, 0.4) is 0 Å². The Morgan fingerprint density at radius 2 is 1.82 bits per heavy atom. The van der Waals surface area contributed by atoms with Crippen LogP contribution in [0, 0.1) is 5.92 Å². The number of thioether (sulfide) groups is 1. The van der Waals surface area contributed by atoms with Gasteiger partial charge in [0, 0.05) is 18.7 Å². The molecule has 38 heavy (non-hydrogen) atoms. The third-order valence-corrected chi connectivity index (χ3v) is 8.65. The van der Waals surface area contributed by atoms with Crippen molar-refractivity contribution in [1.29, 1.82) is 0 Å². The largest absolute Gasteiger partial charge is 0.416 e. The van der Waals surface area contributed by atoms with Crippen molar-refractivity contribution >= 4 is 28.7 Å². The summed E-state index contributed by atoms with van der Waals surface area (Å²) in [5.41, 5.74) is 2.10. The van der Waals surface area contributed by atoms with Crippen LogP contribution in [-0.2, 0) is 19.1 Å². The molecule has 3 heterocycles. The summed E-state index contributed by atoms with van der Waals surface area (Å²) in [6, 6.07) is 13.0. The van der Waals surface area contributed by atoms with E-state index in [1.807, 2.05) is 35.2 Å². The zero-order chi connectivity index (χ0) is 26.3. The Hall–Kier alpha value is -3.27. The molecular weight excluding hydrogens is 511 g/mol. The van der Waals surface area contributed by atoms with Gasteiger partial charge in [0.2, 0.25) is 5.95 Å². The number of fused-ring (bicyclic) bond motifs is 2. The van der Waals surface area contributed by atoms with Crippen LogP contribution in [0.25, 0.3) is 16.7 Å². The number of hydrogen-bond donors (Lipinski definition) is 1. The summed E-state index contributed by atoms with van der Waals surface area (Å²) in [6.45, 7) is 0.848. The zero-order valence-corrected chi connectivity index (χ0v) is 21.6. The van der Waals surface area contributed by atoms with E-state index in [1.54, 1.807) is 16.3 Å². The molecule has 2 aromatic carbocycles. The summed E-state index contributed by atoms with van der Waals surface area (Å²) >= 11 is 1.67. The van der Waals surface area contributed by atoms with Gasteiger partial charge in [-0.15, -0.1) is 0 Å². The standard InChI is InChI=1S/C28H28F3N5OS/c29-28(30,31)19-11-12-23-24(15-19)33-26(32-23)35-14-13-22-21(16-35)25(37)36(20-9-5-2-6-10-20)27(34-22)38-17-18-7-3-1-4-8-18/h2,5-6,9-12,15,18H,1,3-4,7-8,13-14,16-17H2,(H,32,33). The Bertz CT molecular complexity index is 1510. The number of imidazole rings is 1. The highest BCUT2D eigenvalue weighted by molar-refractivity contribution is 7.99. The van der Waals surface area contributed by atoms with Crippen molar-refractivity contribution < 1.29 is 13.2 Å². The average Bonchev–Trinajstić information content (AvgIpc) is 3.36. The van der Waals surface area contributed by atoms with Crippen molar-refractivity contribution in [2.75, 3.05) is 17.2 Å². The van der Waals surface area contributed by atoms with Crippen LogP contribution in [-0.4, -0.2) is 31.8 Å². The van der Waals surface area contributed by atoms with Crippen LogP contribution in [0.15, 0.2) is 58.5 Å². The second-order valence-electron chi connectivity index (χ2n) is 10.1. The monoisotopic (exact) mass is 539 g/mol. The Labute approximate surface area is 222 Å². The minimum Gasteiger partial charge on any atom is -0.337 e. The van der Waals surface area contributed by atoms with Crippen LogP contribution >= 0.6 is 11.8 Å². The van der Waals surface area contributed by atoms with Gasteiger partial charge >= 0.3 is 6.18 Å². The normalized spacial score (nSPS) is 16.7. The smallest absolute Gasteiger partial charge is 0.337 e. The molecule has 1 fully saturated rings. The van der Waals surface area contributed by atoms with Crippen LogP contribution in [0.2, 0.25) is 0 Å². The molecular formula is C28H28F3N5OS. The molecule has 1 N–H and O–H groups in total. The Morgan fingerprint density at radius 3 is 2.58 bits per heavy atom. The first kappa shape index (κ1) is 25.0. The Kier molecular flexibility index (Phi) is 6.67. The molecule has 1 saturated carbocycles. The molecule has 6 nitrogen and oxygen atoms in total. The summed E-state index contributed by atoms with van der Waals surface area (Å²) in [7, 11) is 0. The minimum absolute atomic E-state index is 0.104. The van der Waals surface area contributed by atoms with Gasteiger partial charge < -0.3 is 9.88 Å². The number of halogens is 3. The van der Waals surface area contributed by atoms with Crippen LogP contribution in [0.4, 0.5) is 19.1 Å². The highest BCUT2D eigenvalue weighted by Crippen LogP contribution is 2.33. The first-order valence-corrected chi connectivity index (χ1v) is 14.0. The number of nitrogens with one attached hydrogen (secondary N) is 1. The molecule has 0 unspecified atom stereocenters. The van der Waals surface area contributed by atoms with Crippen molar-refractivity contribution in [1.82, 2.24) is 19.5 Å². The maximum atomic E-state index is 13.9. The number of aromatic amines is 1. The van der Waals surface area contributed by atoms with Crippen molar-refractivity contribution in [2.24, 2.45) is 5.92 Å². The predicted molar refractivity (Wildman–Crippen MR) is 143 cm³/mol. The molecule has 0 amide bonds. The number of aromatic nitrogens is 4. The quantitative estimate of drug-likeness (QED) is 0.236. The maximum Gasteiger partial charge on any atom is 0.416 e. The number of rotatable bonds is 5. The summed E-state index contributed by atoms with van der Waals surface area (Å²) in [4.78, 5) is 28.3. The fourth-order valence-corrected chi connectivity index (χ4v) is 6.62. The van der Waals surface area contributed by atoms with E-state index in [-0.39, 0.29) is 12.1 Å². The molecule has 1 aliphatic carbocycles. The van der Waals surface area contributed by atoms with Crippen LogP contribution in [0.5, 0.6) is 0 Å². The lowest BCUT2D eigenvalue weighted by Gasteiger charge is -2.29. The number of H-pyrrole nitrogens is 1. The van der Waals surface area contributed by atoms with E-state index in [0.29, 0.717) is 41.4 Å². The van der Waals surface area contributed by atoms with E-state index in [4.69, 9.17) is 4.98 Å². The average molecular weight is 540 g/mol. The lowest BCUT2D eigenvalue weighted by molar-refractivity contribution is -0.137. The van der Waals surface area contributed by atoms with Crippen molar-refractivity contribution in [3.05, 3.63) is 75.7 Å². The number of alkyl halides is 3. The molecule has 0 saturated heterocycles. The number of nitrogens with zero attached hydrogens (tertiary/aromatic N) is 4. The van der Waals surface area contributed by atoms with E-state index in [0.717, 1.165) is 34.4 Å². The number of anilines is 1.